The molecule has 2 aromatic rings. The van der Waals surface area contributed by atoms with Crippen molar-refractivity contribution in [3.05, 3.63) is 23.1 Å². The molecule has 0 radical (unpaired) electrons. The SMILES string of the molecule is Brc1cncc2c1cnn2C1CCOCC1. The van der Waals surface area contributed by atoms with Gasteiger partial charge in [-0.1, -0.05) is 0 Å². The fourth-order valence-corrected chi connectivity index (χ4v) is 2.57. The number of pyridine rings is 1. The molecular weight excluding hydrogens is 270 g/mol. The number of hydrogen-bond donors (Lipinski definition) is 0. The molecule has 2 aromatic heterocycles. The maximum Gasteiger partial charge on any atom is 0.0880 e. The molecule has 0 saturated carbocycles. The van der Waals surface area contributed by atoms with E-state index in [4.69, 9.17) is 4.74 Å². The first-order valence-corrected chi connectivity index (χ1v) is 6.20. The van der Waals surface area contributed by atoms with Crippen molar-refractivity contribution in [2.45, 2.75) is 18.9 Å². The number of rotatable bonds is 1. The smallest absolute Gasteiger partial charge is 0.0880 e. The Morgan fingerprint density at radius 3 is 2.88 bits per heavy atom. The summed E-state index contributed by atoms with van der Waals surface area (Å²) >= 11 is 3.49. The topological polar surface area (TPSA) is 39.9 Å². The first-order valence-electron chi connectivity index (χ1n) is 5.41. The van der Waals surface area contributed by atoms with Crippen LogP contribution in [0.5, 0.6) is 0 Å². The van der Waals surface area contributed by atoms with Gasteiger partial charge in [-0.15, -0.1) is 0 Å². The first-order chi connectivity index (χ1) is 7.86. The third kappa shape index (κ3) is 1.64. The lowest BCUT2D eigenvalue weighted by atomic mass is 10.1. The molecule has 1 aliphatic heterocycles. The van der Waals surface area contributed by atoms with E-state index in [1.807, 2.05) is 12.4 Å². The van der Waals surface area contributed by atoms with Gasteiger partial charge in [0.2, 0.25) is 0 Å². The van der Waals surface area contributed by atoms with E-state index in [2.05, 4.69) is 30.7 Å². The highest BCUT2D eigenvalue weighted by molar-refractivity contribution is 9.10. The van der Waals surface area contributed by atoms with Gasteiger partial charge in [-0.25, -0.2) is 0 Å². The molecule has 0 atom stereocenters. The molecule has 1 fully saturated rings. The van der Waals surface area contributed by atoms with Gasteiger partial charge in [-0.05, 0) is 28.8 Å². The predicted octanol–water partition coefficient (Wildman–Crippen LogP) is 2.55. The van der Waals surface area contributed by atoms with Crippen LogP contribution in [0.25, 0.3) is 10.9 Å². The van der Waals surface area contributed by atoms with E-state index in [-0.39, 0.29) is 0 Å². The average Bonchev–Trinajstić information content (AvgIpc) is 2.75. The van der Waals surface area contributed by atoms with Gasteiger partial charge >= 0.3 is 0 Å². The van der Waals surface area contributed by atoms with E-state index in [1.165, 1.54) is 0 Å². The summed E-state index contributed by atoms with van der Waals surface area (Å²) in [4.78, 5) is 4.20. The third-order valence-corrected chi connectivity index (χ3v) is 3.64. The van der Waals surface area contributed by atoms with Gasteiger partial charge in [0.25, 0.3) is 0 Å². The van der Waals surface area contributed by atoms with Gasteiger partial charge in [-0.3, -0.25) is 9.67 Å². The van der Waals surface area contributed by atoms with Gasteiger partial charge in [0.15, 0.2) is 0 Å². The summed E-state index contributed by atoms with van der Waals surface area (Å²) < 4.78 is 8.45. The van der Waals surface area contributed by atoms with Crippen LogP contribution in [0, 0.1) is 0 Å². The number of ether oxygens (including phenoxy) is 1. The molecule has 16 heavy (non-hydrogen) atoms. The van der Waals surface area contributed by atoms with E-state index in [0.29, 0.717) is 6.04 Å². The van der Waals surface area contributed by atoms with Gasteiger partial charge in [0, 0.05) is 29.3 Å². The van der Waals surface area contributed by atoms with Crippen molar-refractivity contribution in [3.8, 4) is 0 Å². The molecule has 0 amide bonds. The quantitative estimate of drug-likeness (QED) is 0.807. The Morgan fingerprint density at radius 2 is 2.06 bits per heavy atom. The molecule has 3 rings (SSSR count). The van der Waals surface area contributed by atoms with E-state index in [1.54, 1.807) is 6.20 Å². The van der Waals surface area contributed by atoms with Crippen molar-refractivity contribution in [1.29, 1.82) is 0 Å². The van der Waals surface area contributed by atoms with Crippen LogP contribution in [0.4, 0.5) is 0 Å². The van der Waals surface area contributed by atoms with Gasteiger partial charge in [-0.2, -0.15) is 5.10 Å². The molecule has 0 bridgehead atoms. The Morgan fingerprint density at radius 1 is 1.25 bits per heavy atom. The minimum atomic E-state index is 0.447. The zero-order valence-electron chi connectivity index (χ0n) is 8.77. The molecule has 84 valence electrons. The number of halogens is 1. The second-order valence-electron chi connectivity index (χ2n) is 3.99. The summed E-state index contributed by atoms with van der Waals surface area (Å²) in [6.07, 6.45) is 7.64. The van der Waals surface area contributed by atoms with Crippen LogP contribution in [0.15, 0.2) is 23.1 Å². The van der Waals surface area contributed by atoms with Crippen LogP contribution < -0.4 is 0 Å². The molecule has 0 aliphatic carbocycles. The van der Waals surface area contributed by atoms with Crippen molar-refractivity contribution in [3.63, 3.8) is 0 Å². The van der Waals surface area contributed by atoms with Crippen LogP contribution >= 0.6 is 15.9 Å². The Kier molecular flexibility index (Phi) is 2.65. The number of hydrogen-bond acceptors (Lipinski definition) is 3. The van der Waals surface area contributed by atoms with Crippen molar-refractivity contribution < 1.29 is 4.74 Å². The largest absolute Gasteiger partial charge is 0.381 e. The second kappa shape index (κ2) is 4.14. The van der Waals surface area contributed by atoms with E-state index < -0.39 is 0 Å². The second-order valence-corrected chi connectivity index (χ2v) is 4.84. The zero-order valence-corrected chi connectivity index (χ0v) is 10.4. The first kappa shape index (κ1) is 10.2. The number of fused-ring (bicyclic) bond motifs is 1. The molecule has 0 unspecified atom stereocenters. The van der Waals surface area contributed by atoms with Crippen molar-refractivity contribution in [2.24, 2.45) is 0 Å². The molecule has 1 saturated heterocycles. The predicted molar refractivity (Wildman–Crippen MR) is 64.3 cm³/mol. The normalized spacial score (nSPS) is 18.1. The van der Waals surface area contributed by atoms with Gasteiger partial charge in [0.05, 0.1) is 24.0 Å². The summed E-state index contributed by atoms with van der Waals surface area (Å²) in [6.45, 7) is 1.65. The molecule has 0 aromatic carbocycles. The van der Waals surface area contributed by atoms with Crippen LogP contribution in [-0.2, 0) is 4.74 Å². The summed E-state index contributed by atoms with van der Waals surface area (Å²) in [5.41, 5.74) is 1.10. The molecular formula is C11H12BrN3O. The van der Waals surface area contributed by atoms with Crippen LogP contribution in [0.2, 0.25) is 0 Å². The Hall–Kier alpha value is -0.940. The van der Waals surface area contributed by atoms with Crippen molar-refractivity contribution in [1.82, 2.24) is 14.8 Å². The molecule has 0 N–H and O–H groups in total. The maximum absolute atomic E-state index is 5.37. The molecule has 3 heterocycles. The Balaban J connectivity index is 2.06. The Bertz CT molecular complexity index is 505. The summed E-state index contributed by atoms with van der Waals surface area (Å²) in [5, 5.41) is 5.60. The molecule has 5 heteroatoms. The lowest BCUT2D eigenvalue weighted by Gasteiger charge is -2.22. The maximum atomic E-state index is 5.37. The lowest BCUT2D eigenvalue weighted by molar-refractivity contribution is 0.0674. The third-order valence-electron chi connectivity index (χ3n) is 3.01. The highest BCUT2D eigenvalue weighted by Gasteiger charge is 2.18. The number of nitrogens with zero attached hydrogens (tertiary/aromatic N) is 3. The fraction of sp³-hybridized carbons (Fsp3) is 0.455. The van der Waals surface area contributed by atoms with Crippen LogP contribution in [-0.4, -0.2) is 28.0 Å². The minimum Gasteiger partial charge on any atom is -0.381 e. The Labute approximate surface area is 102 Å². The summed E-state index contributed by atoms with van der Waals surface area (Å²) in [5.74, 6) is 0. The van der Waals surface area contributed by atoms with Gasteiger partial charge in [0.1, 0.15) is 0 Å². The van der Waals surface area contributed by atoms with E-state index in [0.717, 1.165) is 41.4 Å². The summed E-state index contributed by atoms with van der Waals surface area (Å²) in [7, 11) is 0. The van der Waals surface area contributed by atoms with Crippen LogP contribution in [0.1, 0.15) is 18.9 Å². The molecule has 0 spiro atoms. The molecule has 1 aliphatic rings. The highest BCUT2D eigenvalue weighted by atomic mass is 79.9. The molecule has 4 nitrogen and oxygen atoms in total. The van der Waals surface area contributed by atoms with Crippen molar-refractivity contribution >= 4 is 26.8 Å². The lowest BCUT2D eigenvalue weighted by Crippen LogP contribution is -2.20. The highest BCUT2D eigenvalue weighted by Crippen LogP contribution is 2.27. The van der Waals surface area contributed by atoms with E-state index >= 15 is 0 Å². The van der Waals surface area contributed by atoms with Gasteiger partial charge < -0.3 is 4.74 Å². The zero-order chi connectivity index (χ0) is 11.0. The average molecular weight is 282 g/mol. The van der Waals surface area contributed by atoms with E-state index in [9.17, 15) is 0 Å². The fourth-order valence-electron chi connectivity index (χ4n) is 2.15. The standard InChI is InChI=1S/C11H12BrN3O/c12-10-6-13-7-11-9(10)5-14-15(11)8-1-3-16-4-2-8/h5-8H,1-4H2. The number of aromatic nitrogens is 3. The van der Waals surface area contributed by atoms with Crippen LogP contribution in [0.3, 0.4) is 0 Å². The monoisotopic (exact) mass is 281 g/mol. The van der Waals surface area contributed by atoms with Crippen molar-refractivity contribution in [2.75, 3.05) is 13.2 Å². The minimum absolute atomic E-state index is 0.447. The summed E-state index contributed by atoms with van der Waals surface area (Å²) in [6, 6.07) is 0.447.